The molecule has 0 aliphatic rings. The first-order chi connectivity index (χ1) is 9.49. The highest BCUT2D eigenvalue weighted by Gasteiger charge is 2.17. The third kappa shape index (κ3) is 3.40. The Balaban J connectivity index is 2.32. The minimum absolute atomic E-state index is 0.201. The van der Waals surface area contributed by atoms with Gasteiger partial charge in [0.1, 0.15) is 5.82 Å². The summed E-state index contributed by atoms with van der Waals surface area (Å²) in [5, 5.41) is 3.53. The fourth-order valence-electron chi connectivity index (χ4n) is 2.26. The maximum atomic E-state index is 13.5. The first-order valence-electron chi connectivity index (χ1n) is 6.76. The summed E-state index contributed by atoms with van der Waals surface area (Å²) in [6.07, 6.45) is 0. The number of aryl methyl sites for hydroxylation is 1. The van der Waals surface area contributed by atoms with Crippen molar-refractivity contribution in [1.82, 2.24) is 0 Å². The van der Waals surface area contributed by atoms with Crippen molar-refractivity contribution >= 4 is 21.6 Å². The van der Waals surface area contributed by atoms with Crippen LogP contribution in [0, 0.1) is 18.7 Å². The van der Waals surface area contributed by atoms with Crippen LogP contribution >= 0.6 is 15.9 Å². The molecule has 0 saturated heterocycles. The van der Waals surface area contributed by atoms with Crippen LogP contribution in [0.1, 0.15) is 31.0 Å². The molecular formula is C17H19BrFN. The summed E-state index contributed by atoms with van der Waals surface area (Å²) in [5.41, 5.74) is 3.11. The molecule has 2 aromatic carbocycles. The second-order valence-electron chi connectivity index (χ2n) is 5.36. The summed E-state index contributed by atoms with van der Waals surface area (Å²) < 4.78 is 14.0. The molecule has 0 bridgehead atoms. The molecule has 0 aliphatic heterocycles. The molecule has 1 unspecified atom stereocenters. The second kappa shape index (κ2) is 6.40. The molecule has 0 fully saturated rings. The van der Waals surface area contributed by atoms with Gasteiger partial charge in [0.05, 0.1) is 10.5 Å². The van der Waals surface area contributed by atoms with E-state index in [-0.39, 0.29) is 11.9 Å². The zero-order valence-electron chi connectivity index (χ0n) is 12.0. The van der Waals surface area contributed by atoms with E-state index >= 15 is 0 Å². The lowest BCUT2D eigenvalue weighted by Crippen LogP contribution is -2.17. The molecule has 0 radical (unpaired) electrons. The number of anilines is 1. The number of halogens is 2. The highest BCUT2D eigenvalue weighted by atomic mass is 79.9. The lowest BCUT2D eigenvalue weighted by atomic mass is 9.95. The fraction of sp³-hybridized carbons (Fsp3) is 0.294. The summed E-state index contributed by atoms with van der Waals surface area (Å²) in [5.74, 6) is 0.203. The van der Waals surface area contributed by atoms with Crippen molar-refractivity contribution in [2.45, 2.75) is 26.8 Å². The van der Waals surface area contributed by atoms with Crippen molar-refractivity contribution in [1.29, 1.82) is 0 Å². The van der Waals surface area contributed by atoms with E-state index < -0.39 is 0 Å². The van der Waals surface area contributed by atoms with E-state index in [0.29, 0.717) is 10.4 Å². The Labute approximate surface area is 128 Å². The standard InChI is InChI=1S/C17H19BrFN/c1-11(2)17(13-7-5-4-6-8-13)20-16-10-14(18)15(19)9-12(16)3/h4-11,17,20H,1-3H3. The van der Waals surface area contributed by atoms with Gasteiger partial charge in [0, 0.05) is 5.69 Å². The summed E-state index contributed by atoms with van der Waals surface area (Å²) in [6, 6.07) is 13.9. The zero-order valence-corrected chi connectivity index (χ0v) is 13.5. The molecule has 0 saturated carbocycles. The van der Waals surface area contributed by atoms with Gasteiger partial charge >= 0.3 is 0 Å². The summed E-state index contributed by atoms with van der Waals surface area (Å²) >= 11 is 3.25. The Hall–Kier alpha value is -1.35. The van der Waals surface area contributed by atoms with Crippen molar-refractivity contribution in [3.8, 4) is 0 Å². The SMILES string of the molecule is Cc1cc(F)c(Br)cc1NC(c1ccccc1)C(C)C. The minimum atomic E-state index is -0.228. The molecule has 0 amide bonds. The molecular weight excluding hydrogens is 317 g/mol. The van der Waals surface area contributed by atoms with Crippen molar-refractivity contribution in [2.75, 3.05) is 5.32 Å². The zero-order chi connectivity index (χ0) is 14.7. The van der Waals surface area contributed by atoms with Crippen LogP contribution in [-0.4, -0.2) is 0 Å². The van der Waals surface area contributed by atoms with Crippen molar-refractivity contribution in [3.05, 3.63) is 63.9 Å². The van der Waals surface area contributed by atoms with Crippen LogP contribution in [0.3, 0.4) is 0 Å². The van der Waals surface area contributed by atoms with Gasteiger partial charge in [-0.25, -0.2) is 4.39 Å². The van der Waals surface area contributed by atoms with E-state index in [1.54, 1.807) is 6.07 Å². The minimum Gasteiger partial charge on any atom is -0.378 e. The van der Waals surface area contributed by atoms with E-state index in [9.17, 15) is 4.39 Å². The van der Waals surface area contributed by atoms with Gasteiger partial charge in [-0.15, -0.1) is 0 Å². The van der Waals surface area contributed by atoms with Gasteiger partial charge in [-0.05, 0) is 52.0 Å². The average molecular weight is 336 g/mol. The maximum absolute atomic E-state index is 13.5. The van der Waals surface area contributed by atoms with E-state index in [1.165, 1.54) is 5.56 Å². The van der Waals surface area contributed by atoms with Gasteiger partial charge in [-0.1, -0.05) is 44.2 Å². The molecule has 1 nitrogen and oxygen atoms in total. The summed E-state index contributed by atoms with van der Waals surface area (Å²) in [7, 11) is 0. The van der Waals surface area contributed by atoms with Gasteiger partial charge in [0.25, 0.3) is 0 Å². The van der Waals surface area contributed by atoms with Gasteiger partial charge in [-0.3, -0.25) is 0 Å². The first kappa shape index (κ1) is 15.0. The predicted octanol–water partition coefficient (Wildman–Crippen LogP) is 5.71. The second-order valence-corrected chi connectivity index (χ2v) is 6.21. The lowest BCUT2D eigenvalue weighted by molar-refractivity contribution is 0.546. The van der Waals surface area contributed by atoms with Gasteiger partial charge in [0.2, 0.25) is 0 Å². The molecule has 1 atom stereocenters. The Morgan fingerprint density at radius 1 is 1.10 bits per heavy atom. The Bertz CT molecular complexity index is 581. The average Bonchev–Trinajstić information content (AvgIpc) is 2.42. The molecule has 2 rings (SSSR count). The number of benzene rings is 2. The number of hydrogen-bond acceptors (Lipinski definition) is 1. The molecule has 2 aromatic rings. The fourth-order valence-corrected chi connectivity index (χ4v) is 2.61. The van der Waals surface area contributed by atoms with E-state index in [4.69, 9.17) is 0 Å². The summed E-state index contributed by atoms with van der Waals surface area (Å²) in [6.45, 7) is 6.28. The van der Waals surface area contributed by atoms with Gasteiger partial charge in [0.15, 0.2) is 0 Å². The first-order valence-corrected chi connectivity index (χ1v) is 7.55. The predicted molar refractivity (Wildman–Crippen MR) is 86.5 cm³/mol. The van der Waals surface area contributed by atoms with Crippen molar-refractivity contribution in [2.24, 2.45) is 5.92 Å². The monoisotopic (exact) mass is 335 g/mol. The highest BCUT2D eigenvalue weighted by Crippen LogP contribution is 2.30. The highest BCUT2D eigenvalue weighted by molar-refractivity contribution is 9.10. The van der Waals surface area contributed by atoms with Crippen LogP contribution in [0.2, 0.25) is 0 Å². The van der Waals surface area contributed by atoms with Crippen LogP contribution in [0.5, 0.6) is 0 Å². The number of nitrogens with one attached hydrogen (secondary N) is 1. The van der Waals surface area contributed by atoms with Crippen LogP contribution in [0.15, 0.2) is 46.9 Å². The quantitative estimate of drug-likeness (QED) is 0.754. The Kier molecular flexibility index (Phi) is 4.81. The van der Waals surface area contributed by atoms with Gasteiger partial charge in [-0.2, -0.15) is 0 Å². The smallest absolute Gasteiger partial charge is 0.137 e. The molecule has 20 heavy (non-hydrogen) atoms. The number of hydrogen-bond donors (Lipinski definition) is 1. The molecule has 0 heterocycles. The van der Waals surface area contributed by atoms with Crippen LogP contribution in [0.25, 0.3) is 0 Å². The Morgan fingerprint density at radius 2 is 1.75 bits per heavy atom. The molecule has 0 aliphatic carbocycles. The van der Waals surface area contributed by atoms with Gasteiger partial charge < -0.3 is 5.32 Å². The van der Waals surface area contributed by atoms with Crippen LogP contribution < -0.4 is 5.32 Å². The van der Waals surface area contributed by atoms with Crippen molar-refractivity contribution in [3.63, 3.8) is 0 Å². The molecule has 0 spiro atoms. The third-order valence-corrected chi connectivity index (χ3v) is 4.01. The van der Waals surface area contributed by atoms with Crippen LogP contribution in [0.4, 0.5) is 10.1 Å². The van der Waals surface area contributed by atoms with Crippen molar-refractivity contribution < 1.29 is 4.39 Å². The molecule has 0 aromatic heterocycles. The largest absolute Gasteiger partial charge is 0.378 e. The third-order valence-electron chi connectivity index (χ3n) is 3.40. The summed E-state index contributed by atoms with van der Waals surface area (Å²) in [4.78, 5) is 0. The lowest BCUT2D eigenvalue weighted by Gasteiger charge is -2.25. The molecule has 1 N–H and O–H groups in total. The Morgan fingerprint density at radius 3 is 2.35 bits per heavy atom. The van der Waals surface area contributed by atoms with Crippen LogP contribution in [-0.2, 0) is 0 Å². The topological polar surface area (TPSA) is 12.0 Å². The normalized spacial score (nSPS) is 12.5. The van der Waals surface area contributed by atoms with E-state index in [1.807, 2.05) is 31.2 Å². The maximum Gasteiger partial charge on any atom is 0.137 e. The van der Waals surface area contributed by atoms with E-state index in [2.05, 4.69) is 47.2 Å². The van der Waals surface area contributed by atoms with E-state index in [0.717, 1.165) is 11.3 Å². The number of rotatable bonds is 4. The molecule has 106 valence electrons. The molecule has 3 heteroatoms.